The van der Waals surface area contributed by atoms with Gasteiger partial charge in [-0.05, 0) is 19.2 Å². The predicted octanol–water partition coefficient (Wildman–Crippen LogP) is 2.67. The number of Topliss-reactive ketones (excluding diaryl/α,β-unsaturated/α-hetero) is 1. The molecule has 3 heteroatoms. The maximum atomic E-state index is 11.3. The monoisotopic (exact) mass is 210 g/mol. The fourth-order valence-electron chi connectivity index (χ4n) is 1.13. The van der Waals surface area contributed by atoms with Crippen LogP contribution in [0.25, 0.3) is 0 Å². The molecular weight excluding hydrogens is 188 g/mol. The Balaban J connectivity index is 0. The maximum absolute atomic E-state index is 11.3. The molecule has 0 spiro atoms. The number of ketones is 1. The summed E-state index contributed by atoms with van der Waals surface area (Å²) in [5.41, 5.74) is 1.66. The molecule has 0 saturated carbocycles. The van der Waals surface area contributed by atoms with E-state index in [1.807, 2.05) is 33.9 Å². The number of carbonyl (C=O) groups is 1. The van der Waals surface area contributed by atoms with Crippen molar-refractivity contribution in [1.82, 2.24) is 10.3 Å². The molecule has 1 N–H and O–H groups in total. The van der Waals surface area contributed by atoms with E-state index in [-0.39, 0.29) is 7.21 Å². The molecule has 0 aromatic carbocycles. The second-order valence-corrected chi connectivity index (χ2v) is 2.84. The molecule has 0 unspecified atom stereocenters. The van der Waals surface area contributed by atoms with Gasteiger partial charge in [0.1, 0.15) is 0 Å². The molecule has 86 valence electrons. The van der Waals surface area contributed by atoms with Crippen molar-refractivity contribution in [3.8, 4) is 0 Å². The Kier molecular flexibility index (Phi) is 7.46. The lowest BCUT2D eigenvalue weighted by Crippen LogP contribution is -2.08. The summed E-state index contributed by atoms with van der Waals surface area (Å²) < 4.78 is 0. The van der Waals surface area contributed by atoms with Crippen LogP contribution >= 0.6 is 0 Å². The number of hydrogen-bond acceptors (Lipinski definition) is 3. The summed E-state index contributed by atoms with van der Waals surface area (Å²) in [6, 6.07) is 3.59. The Morgan fingerprint density at radius 2 is 2.20 bits per heavy atom. The molecule has 1 aromatic rings. The average Bonchev–Trinajstić information content (AvgIpc) is 2.31. The maximum Gasteiger partial charge on any atom is 0.162 e. The van der Waals surface area contributed by atoms with Crippen LogP contribution in [0.3, 0.4) is 0 Å². The highest BCUT2D eigenvalue weighted by Crippen LogP contribution is 2.04. The molecule has 0 bridgehead atoms. The molecular formula is C12H22N2O. The summed E-state index contributed by atoms with van der Waals surface area (Å²) in [5, 5.41) is 2.99. The Labute approximate surface area is 93.4 Å². The fraction of sp³-hybridized carbons (Fsp3) is 0.500. The Morgan fingerprint density at radius 3 is 2.73 bits per heavy atom. The predicted molar refractivity (Wildman–Crippen MR) is 65.1 cm³/mol. The van der Waals surface area contributed by atoms with E-state index in [1.54, 1.807) is 12.3 Å². The van der Waals surface area contributed by atoms with Crippen molar-refractivity contribution in [2.75, 3.05) is 7.05 Å². The average molecular weight is 210 g/mol. The normalized spacial score (nSPS) is 9.07. The third kappa shape index (κ3) is 4.70. The first-order chi connectivity index (χ1) is 7.27. The Morgan fingerprint density at radius 1 is 1.53 bits per heavy atom. The van der Waals surface area contributed by atoms with Gasteiger partial charge in [0.2, 0.25) is 0 Å². The summed E-state index contributed by atoms with van der Waals surface area (Å²) in [6.07, 6.45) is 2.22. The zero-order valence-corrected chi connectivity index (χ0v) is 10.0. The minimum Gasteiger partial charge on any atom is -0.314 e. The third-order valence-electron chi connectivity index (χ3n) is 1.82. The lowest BCUT2D eigenvalue weighted by molar-refractivity contribution is 0.0988. The summed E-state index contributed by atoms with van der Waals surface area (Å²) in [6.45, 7) is 6.56. The SMILES string of the molecule is CC.CCC(=O)c1ccnc(CNC)c1.[HH]. The first kappa shape index (κ1) is 13.8. The molecule has 0 aliphatic carbocycles. The van der Waals surface area contributed by atoms with Crippen molar-refractivity contribution in [2.24, 2.45) is 0 Å². The fourth-order valence-corrected chi connectivity index (χ4v) is 1.13. The third-order valence-corrected chi connectivity index (χ3v) is 1.82. The van der Waals surface area contributed by atoms with Gasteiger partial charge in [0.05, 0.1) is 5.69 Å². The van der Waals surface area contributed by atoms with Crippen LogP contribution in [0.4, 0.5) is 0 Å². The van der Waals surface area contributed by atoms with Crippen molar-refractivity contribution in [3.05, 3.63) is 29.6 Å². The zero-order chi connectivity index (χ0) is 11.7. The molecule has 0 atom stereocenters. The summed E-state index contributed by atoms with van der Waals surface area (Å²) in [5.74, 6) is 0.166. The number of pyridine rings is 1. The Hall–Kier alpha value is -1.22. The van der Waals surface area contributed by atoms with Crippen LogP contribution < -0.4 is 5.32 Å². The van der Waals surface area contributed by atoms with Crippen molar-refractivity contribution in [2.45, 2.75) is 33.7 Å². The van der Waals surface area contributed by atoms with Gasteiger partial charge in [-0.2, -0.15) is 0 Å². The van der Waals surface area contributed by atoms with E-state index in [0.717, 1.165) is 11.3 Å². The van der Waals surface area contributed by atoms with Crippen LogP contribution in [0.5, 0.6) is 0 Å². The van der Waals surface area contributed by atoms with Gasteiger partial charge in [-0.3, -0.25) is 9.78 Å². The van der Waals surface area contributed by atoms with E-state index in [1.165, 1.54) is 0 Å². The molecule has 0 amide bonds. The van der Waals surface area contributed by atoms with Crippen LogP contribution in [0.2, 0.25) is 0 Å². The molecule has 1 aromatic heterocycles. The van der Waals surface area contributed by atoms with Gasteiger partial charge in [-0.25, -0.2) is 0 Å². The zero-order valence-electron chi connectivity index (χ0n) is 10.0. The van der Waals surface area contributed by atoms with Crippen molar-refractivity contribution in [1.29, 1.82) is 0 Å². The smallest absolute Gasteiger partial charge is 0.162 e. The van der Waals surface area contributed by atoms with Crippen LogP contribution in [-0.4, -0.2) is 17.8 Å². The quantitative estimate of drug-likeness (QED) is 0.777. The number of hydrogen-bond donors (Lipinski definition) is 1. The lowest BCUT2D eigenvalue weighted by atomic mass is 10.1. The molecule has 1 heterocycles. The largest absolute Gasteiger partial charge is 0.314 e. The van der Waals surface area contributed by atoms with Crippen LogP contribution in [0.1, 0.15) is 44.7 Å². The van der Waals surface area contributed by atoms with Crippen LogP contribution in [0.15, 0.2) is 18.3 Å². The summed E-state index contributed by atoms with van der Waals surface area (Å²) >= 11 is 0. The molecule has 0 saturated heterocycles. The van der Waals surface area contributed by atoms with Gasteiger partial charge >= 0.3 is 0 Å². The van der Waals surface area contributed by atoms with E-state index in [4.69, 9.17) is 0 Å². The first-order valence-electron chi connectivity index (χ1n) is 5.40. The molecule has 0 fully saturated rings. The highest BCUT2D eigenvalue weighted by atomic mass is 16.1. The Bertz CT molecular complexity index is 303. The van der Waals surface area contributed by atoms with Crippen molar-refractivity contribution >= 4 is 5.78 Å². The molecule has 0 radical (unpaired) electrons. The molecule has 15 heavy (non-hydrogen) atoms. The van der Waals surface area contributed by atoms with Crippen LogP contribution in [-0.2, 0) is 6.54 Å². The van der Waals surface area contributed by atoms with Crippen LogP contribution in [0, 0.1) is 0 Å². The van der Waals surface area contributed by atoms with E-state index < -0.39 is 0 Å². The van der Waals surface area contributed by atoms with Gasteiger partial charge in [0, 0.05) is 26.2 Å². The van der Waals surface area contributed by atoms with E-state index >= 15 is 0 Å². The number of carbonyl (C=O) groups excluding carboxylic acids is 1. The van der Waals surface area contributed by atoms with Crippen molar-refractivity contribution in [3.63, 3.8) is 0 Å². The van der Waals surface area contributed by atoms with E-state index in [2.05, 4.69) is 10.3 Å². The molecule has 1 rings (SSSR count). The second-order valence-electron chi connectivity index (χ2n) is 2.84. The number of rotatable bonds is 4. The number of nitrogens with one attached hydrogen (secondary N) is 1. The molecule has 3 nitrogen and oxygen atoms in total. The number of aromatic nitrogens is 1. The van der Waals surface area contributed by atoms with Crippen molar-refractivity contribution < 1.29 is 6.22 Å². The van der Waals surface area contributed by atoms with E-state index in [9.17, 15) is 4.79 Å². The minimum absolute atomic E-state index is 0. The lowest BCUT2D eigenvalue weighted by Gasteiger charge is -2.01. The summed E-state index contributed by atoms with van der Waals surface area (Å²) in [4.78, 5) is 15.5. The standard InChI is InChI=1S/C10H14N2O.C2H6.H2/c1-3-10(13)8-4-5-12-9(6-8)7-11-2;1-2;/h4-6,11H,3,7H2,1-2H3;1-2H3;1H. The molecule has 0 aliphatic heterocycles. The molecule has 0 aliphatic rings. The first-order valence-corrected chi connectivity index (χ1v) is 5.40. The minimum atomic E-state index is 0. The van der Waals surface area contributed by atoms with Gasteiger partial charge in [-0.1, -0.05) is 20.8 Å². The van der Waals surface area contributed by atoms with Gasteiger partial charge in [0.15, 0.2) is 5.78 Å². The topological polar surface area (TPSA) is 42.0 Å². The second kappa shape index (κ2) is 8.12. The van der Waals surface area contributed by atoms with Gasteiger partial charge in [-0.15, -0.1) is 0 Å². The van der Waals surface area contributed by atoms with Gasteiger partial charge < -0.3 is 5.32 Å². The highest BCUT2D eigenvalue weighted by molar-refractivity contribution is 5.95. The summed E-state index contributed by atoms with van der Waals surface area (Å²) in [7, 11) is 1.86. The van der Waals surface area contributed by atoms with E-state index in [0.29, 0.717) is 13.0 Å². The highest BCUT2D eigenvalue weighted by Gasteiger charge is 2.03. The number of nitrogens with zero attached hydrogens (tertiary/aromatic N) is 1. The van der Waals surface area contributed by atoms with Gasteiger partial charge in [0.25, 0.3) is 0 Å².